The minimum absolute atomic E-state index is 0.0179. The van der Waals surface area contributed by atoms with Crippen LogP contribution in [0.4, 0.5) is 0 Å². The van der Waals surface area contributed by atoms with E-state index in [0.717, 1.165) is 5.56 Å². The number of carboxylic acid groups (broad SMARTS) is 1. The number of aliphatic carboxylic acids is 1. The predicted octanol–water partition coefficient (Wildman–Crippen LogP) is 2.77. The Morgan fingerprint density at radius 1 is 1.29 bits per heavy atom. The fraction of sp³-hybridized carbons (Fsp3) is 0.286. The van der Waals surface area contributed by atoms with E-state index in [-0.39, 0.29) is 5.78 Å². The van der Waals surface area contributed by atoms with Crippen LogP contribution in [-0.4, -0.2) is 16.9 Å². The minimum Gasteiger partial charge on any atom is -0.481 e. The number of carbonyl (C=O) groups excluding carboxylic acids is 1. The first kappa shape index (κ1) is 13.2. The van der Waals surface area contributed by atoms with Crippen LogP contribution in [0.1, 0.15) is 25.3 Å². The monoisotopic (exact) mass is 232 g/mol. The molecule has 1 atom stereocenters. The van der Waals surface area contributed by atoms with Crippen molar-refractivity contribution in [1.29, 1.82) is 0 Å². The molecule has 0 radical (unpaired) electrons. The lowest BCUT2D eigenvalue weighted by molar-refractivity contribution is -0.140. The van der Waals surface area contributed by atoms with E-state index in [1.807, 2.05) is 30.3 Å². The summed E-state index contributed by atoms with van der Waals surface area (Å²) in [4.78, 5) is 21.8. The van der Waals surface area contributed by atoms with Crippen LogP contribution in [0.25, 0.3) is 6.08 Å². The van der Waals surface area contributed by atoms with Gasteiger partial charge in [0.1, 0.15) is 5.78 Å². The molecule has 0 heterocycles. The van der Waals surface area contributed by atoms with Gasteiger partial charge in [-0.25, -0.2) is 0 Å². The van der Waals surface area contributed by atoms with Gasteiger partial charge in [-0.3, -0.25) is 4.79 Å². The molecule has 0 amide bonds. The smallest absolute Gasteiger partial charge is 0.310 e. The molecule has 0 saturated carbocycles. The maximum atomic E-state index is 11.0. The van der Waals surface area contributed by atoms with Crippen molar-refractivity contribution in [3.63, 3.8) is 0 Å². The van der Waals surface area contributed by atoms with Gasteiger partial charge in [0.2, 0.25) is 0 Å². The molecule has 0 aliphatic heterocycles. The molecule has 1 N–H and O–H groups in total. The fourth-order valence-corrected chi connectivity index (χ4v) is 1.45. The van der Waals surface area contributed by atoms with Crippen molar-refractivity contribution < 1.29 is 14.7 Å². The minimum atomic E-state index is -0.890. The summed E-state index contributed by atoms with van der Waals surface area (Å²) in [6.45, 7) is 1.47. The quantitative estimate of drug-likeness (QED) is 0.820. The largest absolute Gasteiger partial charge is 0.481 e. The van der Waals surface area contributed by atoms with E-state index in [9.17, 15) is 9.59 Å². The number of carbonyl (C=O) groups is 2. The Labute approximate surface area is 101 Å². The van der Waals surface area contributed by atoms with Gasteiger partial charge in [-0.15, -0.1) is 0 Å². The van der Waals surface area contributed by atoms with Crippen LogP contribution in [0.2, 0.25) is 0 Å². The summed E-state index contributed by atoms with van der Waals surface area (Å²) in [7, 11) is 0. The zero-order valence-corrected chi connectivity index (χ0v) is 9.80. The van der Waals surface area contributed by atoms with E-state index in [4.69, 9.17) is 5.11 Å². The van der Waals surface area contributed by atoms with Gasteiger partial charge in [0.05, 0.1) is 5.92 Å². The molecule has 0 fully saturated rings. The highest BCUT2D eigenvalue weighted by molar-refractivity contribution is 5.78. The summed E-state index contributed by atoms with van der Waals surface area (Å²) in [6, 6.07) is 9.50. The number of hydrogen-bond donors (Lipinski definition) is 1. The first-order valence-corrected chi connectivity index (χ1v) is 5.55. The molecule has 1 rings (SSSR count). The van der Waals surface area contributed by atoms with Crippen LogP contribution in [0.5, 0.6) is 0 Å². The third kappa shape index (κ3) is 5.11. The molecule has 3 nitrogen and oxygen atoms in total. The number of carboxylic acids is 1. The Bertz CT molecular complexity index is 407. The third-order valence-corrected chi connectivity index (χ3v) is 2.45. The summed E-state index contributed by atoms with van der Waals surface area (Å²) in [5.41, 5.74) is 0.960. The Morgan fingerprint density at radius 3 is 2.47 bits per heavy atom. The molecule has 0 saturated heterocycles. The lowest BCUT2D eigenvalue weighted by Gasteiger charge is -2.05. The number of ketones is 1. The van der Waals surface area contributed by atoms with Crippen molar-refractivity contribution in [2.75, 3.05) is 0 Å². The molecule has 0 aliphatic rings. The molecule has 3 heteroatoms. The van der Waals surface area contributed by atoms with Crippen molar-refractivity contribution in [2.45, 2.75) is 19.8 Å². The second-order valence-electron chi connectivity index (χ2n) is 3.96. The molecule has 1 aromatic carbocycles. The third-order valence-electron chi connectivity index (χ3n) is 2.45. The van der Waals surface area contributed by atoms with Crippen molar-refractivity contribution >= 4 is 17.8 Å². The lowest BCUT2D eigenvalue weighted by atomic mass is 10.0. The molecule has 0 aromatic heterocycles. The predicted molar refractivity (Wildman–Crippen MR) is 66.5 cm³/mol. The topological polar surface area (TPSA) is 54.4 Å². The van der Waals surface area contributed by atoms with Crippen LogP contribution >= 0.6 is 0 Å². The SMILES string of the molecule is CC(=O)CCC(C=Cc1ccccc1)C(=O)O. The summed E-state index contributed by atoms with van der Waals surface area (Å²) >= 11 is 0. The van der Waals surface area contributed by atoms with Gasteiger partial charge in [-0.05, 0) is 18.9 Å². The Hall–Kier alpha value is -1.90. The zero-order chi connectivity index (χ0) is 12.7. The summed E-state index contributed by atoms with van der Waals surface area (Å²) in [5, 5.41) is 9.00. The molecule has 0 aliphatic carbocycles. The van der Waals surface area contributed by atoms with E-state index in [1.165, 1.54) is 6.92 Å². The van der Waals surface area contributed by atoms with Crippen LogP contribution in [0, 0.1) is 5.92 Å². The molecule has 17 heavy (non-hydrogen) atoms. The fourth-order valence-electron chi connectivity index (χ4n) is 1.45. The van der Waals surface area contributed by atoms with Gasteiger partial charge in [0.25, 0.3) is 0 Å². The van der Waals surface area contributed by atoms with Crippen molar-refractivity contribution in [1.82, 2.24) is 0 Å². The van der Waals surface area contributed by atoms with Gasteiger partial charge >= 0.3 is 5.97 Å². The van der Waals surface area contributed by atoms with Gasteiger partial charge in [-0.2, -0.15) is 0 Å². The number of rotatable bonds is 6. The van der Waals surface area contributed by atoms with E-state index < -0.39 is 11.9 Å². The van der Waals surface area contributed by atoms with Crippen LogP contribution < -0.4 is 0 Å². The first-order valence-electron chi connectivity index (χ1n) is 5.55. The maximum Gasteiger partial charge on any atom is 0.310 e. The first-order chi connectivity index (χ1) is 8.09. The second kappa shape index (κ2) is 6.63. The van der Waals surface area contributed by atoms with Crippen LogP contribution in [-0.2, 0) is 9.59 Å². The summed E-state index contributed by atoms with van der Waals surface area (Å²) in [6.07, 6.45) is 4.07. The maximum absolute atomic E-state index is 11.0. The standard InChI is InChI=1S/C14H16O3/c1-11(15)7-9-13(14(16)17)10-8-12-5-3-2-4-6-12/h2-6,8,10,13H,7,9H2,1H3,(H,16,17). The average molecular weight is 232 g/mol. The Morgan fingerprint density at radius 2 is 1.94 bits per heavy atom. The average Bonchev–Trinajstić information content (AvgIpc) is 2.29. The van der Waals surface area contributed by atoms with E-state index in [0.29, 0.717) is 12.8 Å². The Kier molecular flexibility index (Phi) is 5.14. The van der Waals surface area contributed by atoms with Gasteiger partial charge in [-0.1, -0.05) is 42.5 Å². The summed E-state index contributed by atoms with van der Waals surface area (Å²) in [5.74, 6) is -1.47. The highest BCUT2D eigenvalue weighted by atomic mass is 16.4. The van der Waals surface area contributed by atoms with Crippen LogP contribution in [0.15, 0.2) is 36.4 Å². The molecule has 90 valence electrons. The zero-order valence-electron chi connectivity index (χ0n) is 9.80. The normalized spacial score (nSPS) is 12.5. The Balaban J connectivity index is 2.63. The highest BCUT2D eigenvalue weighted by Crippen LogP contribution is 2.12. The second-order valence-corrected chi connectivity index (χ2v) is 3.96. The van der Waals surface area contributed by atoms with Crippen molar-refractivity contribution in [3.05, 3.63) is 42.0 Å². The van der Waals surface area contributed by atoms with Gasteiger partial charge < -0.3 is 9.90 Å². The molecule has 1 aromatic rings. The molecule has 0 bridgehead atoms. The highest BCUT2D eigenvalue weighted by Gasteiger charge is 2.14. The van der Waals surface area contributed by atoms with Gasteiger partial charge in [0.15, 0.2) is 0 Å². The number of Topliss-reactive ketones (excluding diaryl/α,β-unsaturated/α-hetero) is 1. The van der Waals surface area contributed by atoms with Gasteiger partial charge in [0, 0.05) is 6.42 Å². The molecule has 0 spiro atoms. The van der Waals surface area contributed by atoms with E-state index >= 15 is 0 Å². The lowest BCUT2D eigenvalue weighted by Crippen LogP contribution is -2.12. The number of benzene rings is 1. The molecular weight excluding hydrogens is 216 g/mol. The molecular formula is C14H16O3. The molecule has 1 unspecified atom stereocenters. The van der Waals surface area contributed by atoms with Crippen molar-refractivity contribution in [3.8, 4) is 0 Å². The van der Waals surface area contributed by atoms with E-state index in [2.05, 4.69) is 0 Å². The van der Waals surface area contributed by atoms with Crippen LogP contribution in [0.3, 0.4) is 0 Å². The summed E-state index contributed by atoms with van der Waals surface area (Å²) < 4.78 is 0. The number of hydrogen-bond acceptors (Lipinski definition) is 2. The van der Waals surface area contributed by atoms with Crippen molar-refractivity contribution in [2.24, 2.45) is 5.92 Å². The van der Waals surface area contributed by atoms with E-state index in [1.54, 1.807) is 12.2 Å².